The standard InChI is InChI=1S/4C8H17.H2O.Ti/c4*1-4-6-7-8(3)5-2;;/h4*8H,1,4-7H2,2-3H3;1H2;. The summed E-state index contributed by atoms with van der Waals surface area (Å²) < 4.78 is 6.80. The maximum atomic E-state index is 2.47. The van der Waals surface area contributed by atoms with Crippen LogP contribution in [0.15, 0.2) is 0 Å². The Balaban J connectivity index is 0. The summed E-state index contributed by atoms with van der Waals surface area (Å²) in [7, 11) is 0. The molecule has 2 N–H and O–H groups in total. The molecule has 0 bridgehead atoms. The van der Waals surface area contributed by atoms with Crippen molar-refractivity contribution >= 4 is 0 Å². The first-order chi connectivity index (χ1) is 15.8. The van der Waals surface area contributed by atoms with Crippen LogP contribution in [0.25, 0.3) is 0 Å². The fourth-order valence-corrected chi connectivity index (χ4v) is 14.1. The molecular formula is C32H70OTi. The zero-order valence-corrected chi connectivity index (χ0v) is 27.0. The summed E-state index contributed by atoms with van der Waals surface area (Å²) in [6, 6.07) is 0. The predicted octanol–water partition coefficient (Wildman–Crippen LogP) is 11.9. The van der Waals surface area contributed by atoms with E-state index in [4.69, 9.17) is 0 Å². The van der Waals surface area contributed by atoms with Crippen LogP contribution < -0.4 is 0 Å². The minimum Gasteiger partial charge on any atom is -0.412 e. The number of rotatable bonds is 24. The van der Waals surface area contributed by atoms with E-state index in [0.717, 1.165) is 23.7 Å². The van der Waals surface area contributed by atoms with Crippen LogP contribution in [0.5, 0.6) is 0 Å². The molecule has 0 aromatic rings. The first kappa shape index (κ1) is 36.8. The number of hydrogen-bond donors (Lipinski definition) is 0. The Bertz CT molecular complexity index is 332. The van der Waals surface area contributed by atoms with Gasteiger partial charge in [-0.15, -0.1) is 0 Å². The molecule has 0 radical (unpaired) electrons. The second-order valence-electron chi connectivity index (χ2n) is 12.5. The zero-order chi connectivity index (χ0) is 25.0. The van der Waals surface area contributed by atoms with Crippen LogP contribution in [0.3, 0.4) is 0 Å². The van der Waals surface area contributed by atoms with Gasteiger partial charge in [-0.05, 0) is 0 Å². The van der Waals surface area contributed by atoms with Gasteiger partial charge < -0.3 is 5.48 Å². The molecule has 0 rings (SSSR count). The Hall–Kier alpha value is 0.674. The van der Waals surface area contributed by atoms with Crippen LogP contribution in [-0.2, 0) is 16.6 Å². The van der Waals surface area contributed by atoms with Gasteiger partial charge in [-0.25, -0.2) is 0 Å². The largest absolute Gasteiger partial charge is 0.412 e. The third-order valence-corrected chi connectivity index (χ3v) is 18.2. The third kappa shape index (κ3) is 19.8. The van der Waals surface area contributed by atoms with E-state index in [0.29, 0.717) is 0 Å². The Morgan fingerprint density at radius 1 is 0.382 bits per heavy atom. The first-order valence-corrected chi connectivity index (χ1v) is 20.2. The Labute approximate surface area is 222 Å². The van der Waals surface area contributed by atoms with E-state index in [1.165, 1.54) is 77.0 Å². The fraction of sp³-hybridized carbons (Fsp3) is 1.00. The van der Waals surface area contributed by atoms with Gasteiger partial charge in [0.25, 0.3) is 0 Å². The van der Waals surface area contributed by atoms with Crippen LogP contribution in [-0.4, -0.2) is 5.48 Å². The maximum absolute atomic E-state index is 2.47. The molecule has 4 atom stereocenters. The average Bonchev–Trinajstić information content (AvgIpc) is 2.83. The molecule has 0 saturated heterocycles. The van der Waals surface area contributed by atoms with Crippen molar-refractivity contribution in [3.8, 4) is 0 Å². The predicted molar refractivity (Wildman–Crippen MR) is 156 cm³/mol. The van der Waals surface area contributed by atoms with E-state index in [1.54, 1.807) is 44.6 Å². The Kier molecular flexibility index (Phi) is 26.0. The van der Waals surface area contributed by atoms with E-state index in [1.807, 2.05) is 0 Å². The summed E-state index contributed by atoms with van der Waals surface area (Å²) in [6.45, 7) is 19.4. The van der Waals surface area contributed by atoms with E-state index in [-0.39, 0.29) is 5.48 Å². The molecule has 0 aliphatic heterocycles. The molecule has 0 amide bonds. The van der Waals surface area contributed by atoms with Crippen molar-refractivity contribution in [1.29, 1.82) is 0 Å². The van der Waals surface area contributed by atoms with Crippen molar-refractivity contribution in [2.45, 2.75) is 177 Å². The van der Waals surface area contributed by atoms with Crippen LogP contribution in [0, 0.1) is 23.7 Å². The van der Waals surface area contributed by atoms with Crippen molar-refractivity contribution in [3.63, 3.8) is 0 Å². The second-order valence-corrected chi connectivity index (χ2v) is 20.3. The van der Waals surface area contributed by atoms with Crippen molar-refractivity contribution in [3.05, 3.63) is 0 Å². The summed E-state index contributed by atoms with van der Waals surface area (Å²) >= 11 is -1.74. The van der Waals surface area contributed by atoms with Gasteiger partial charge in [0.2, 0.25) is 0 Å². The molecule has 4 unspecified atom stereocenters. The molecule has 0 heterocycles. The van der Waals surface area contributed by atoms with Crippen molar-refractivity contribution < 1.29 is 22.1 Å². The first-order valence-electron chi connectivity index (χ1n) is 15.8. The smallest absolute Gasteiger partial charge is 0.412 e. The normalized spacial score (nSPS) is 16.9. The molecule has 208 valence electrons. The fourth-order valence-electron chi connectivity index (χ4n) is 5.54. The topological polar surface area (TPSA) is 31.5 Å². The average molecular weight is 519 g/mol. The van der Waals surface area contributed by atoms with Crippen molar-refractivity contribution in [1.82, 2.24) is 0 Å². The summed E-state index contributed by atoms with van der Waals surface area (Å²) in [5, 5.41) is 0. The van der Waals surface area contributed by atoms with Crippen molar-refractivity contribution in [2.75, 3.05) is 0 Å². The van der Waals surface area contributed by atoms with Gasteiger partial charge in [-0.3, -0.25) is 0 Å². The van der Waals surface area contributed by atoms with E-state index in [9.17, 15) is 0 Å². The quantitative estimate of drug-likeness (QED) is 0.0898. The SMILES string of the molecule is CCC(C)CCC[CH2][Ti]([CH2]CCCC(C)CC)([CH2]CCCC(C)CC)[CH2]CCCC(C)CC.O. The van der Waals surface area contributed by atoms with Gasteiger partial charge in [0.05, 0.1) is 0 Å². The molecular weight excluding hydrogens is 448 g/mol. The summed E-state index contributed by atoms with van der Waals surface area (Å²) in [5.41, 5.74) is 0. The van der Waals surface area contributed by atoms with Crippen LogP contribution >= 0.6 is 0 Å². The van der Waals surface area contributed by atoms with Gasteiger partial charge in [0.1, 0.15) is 0 Å². The van der Waals surface area contributed by atoms with E-state index in [2.05, 4.69) is 55.4 Å². The van der Waals surface area contributed by atoms with Crippen LogP contribution in [0.4, 0.5) is 0 Å². The van der Waals surface area contributed by atoms with Crippen LogP contribution in [0.1, 0.15) is 158 Å². The molecule has 34 heavy (non-hydrogen) atoms. The molecule has 0 spiro atoms. The van der Waals surface area contributed by atoms with E-state index < -0.39 is 16.6 Å². The van der Waals surface area contributed by atoms with E-state index >= 15 is 0 Å². The van der Waals surface area contributed by atoms with Gasteiger partial charge in [-0.1, -0.05) is 0 Å². The molecule has 0 aromatic heterocycles. The summed E-state index contributed by atoms with van der Waals surface area (Å²) in [4.78, 5) is 0. The molecule has 0 aromatic carbocycles. The molecule has 0 fully saturated rings. The van der Waals surface area contributed by atoms with Gasteiger partial charge in [-0.2, -0.15) is 0 Å². The maximum Gasteiger partial charge on any atom is -0.412 e. The molecule has 1 nitrogen and oxygen atoms in total. The third-order valence-electron chi connectivity index (χ3n) is 9.40. The Morgan fingerprint density at radius 3 is 0.765 bits per heavy atom. The molecule has 0 aliphatic carbocycles. The molecule has 0 saturated carbocycles. The van der Waals surface area contributed by atoms with Crippen molar-refractivity contribution in [2.24, 2.45) is 23.7 Å². The van der Waals surface area contributed by atoms with Gasteiger partial charge in [0, 0.05) is 0 Å². The molecule has 2 heteroatoms. The van der Waals surface area contributed by atoms with Gasteiger partial charge in [0.15, 0.2) is 0 Å². The summed E-state index contributed by atoms with van der Waals surface area (Å²) in [5.74, 6) is 3.75. The minimum atomic E-state index is -1.74. The van der Waals surface area contributed by atoms with Gasteiger partial charge >= 0.3 is 217 Å². The van der Waals surface area contributed by atoms with Crippen LogP contribution in [0.2, 0.25) is 18.9 Å². The molecule has 0 aliphatic rings. The summed E-state index contributed by atoms with van der Waals surface area (Å²) in [6.07, 6.45) is 23.7. The zero-order valence-electron chi connectivity index (χ0n) is 25.5. The minimum absolute atomic E-state index is 0. The second kappa shape index (κ2) is 24.0. The Morgan fingerprint density at radius 2 is 0.588 bits per heavy atom. The number of unbranched alkanes of at least 4 members (excludes halogenated alkanes) is 4. The number of hydrogen-bond acceptors (Lipinski definition) is 0. The monoisotopic (exact) mass is 518 g/mol.